The van der Waals surface area contributed by atoms with Crippen LogP contribution in [0.2, 0.25) is 0 Å². The van der Waals surface area contributed by atoms with Gasteiger partial charge in [0.2, 0.25) is 0 Å². The first-order chi connectivity index (χ1) is 12.1. The lowest BCUT2D eigenvalue weighted by Crippen LogP contribution is -2.41. The van der Waals surface area contributed by atoms with Crippen LogP contribution in [0.15, 0.2) is 40.2 Å². The third-order valence-corrected chi connectivity index (χ3v) is 3.95. The molecule has 2 heterocycles. The van der Waals surface area contributed by atoms with Gasteiger partial charge in [0.1, 0.15) is 5.82 Å². The molecule has 0 N–H and O–H groups in total. The van der Waals surface area contributed by atoms with Gasteiger partial charge >= 0.3 is 5.69 Å². The fourth-order valence-corrected chi connectivity index (χ4v) is 2.82. The van der Waals surface area contributed by atoms with Gasteiger partial charge < -0.3 is 9.30 Å². The Morgan fingerprint density at radius 3 is 2.72 bits per heavy atom. The summed E-state index contributed by atoms with van der Waals surface area (Å²) in [4.78, 5) is 30.0. The van der Waals surface area contributed by atoms with E-state index in [9.17, 15) is 14.0 Å². The molecule has 3 aromatic rings. The van der Waals surface area contributed by atoms with Gasteiger partial charge in [0.25, 0.3) is 5.56 Å². The van der Waals surface area contributed by atoms with Crippen molar-refractivity contribution in [1.82, 2.24) is 18.7 Å². The number of hydrogen-bond acceptors (Lipinski definition) is 4. The summed E-state index contributed by atoms with van der Waals surface area (Å²) < 4.78 is 22.8. The van der Waals surface area contributed by atoms with E-state index in [2.05, 4.69) is 4.98 Å². The standard InChI is InChI=1S/C17H19FN4O3/c1-3-7-20-11-19-15-14(20)16(23)21(8-9-25-2)17(24)22(15)13-6-4-5-12(18)10-13/h4-6,10-11H,3,7-9H2,1-2H3. The summed E-state index contributed by atoms with van der Waals surface area (Å²) in [5.41, 5.74) is -0.120. The number of fused-ring (bicyclic) bond motifs is 1. The fraction of sp³-hybridized carbons (Fsp3) is 0.353. The second-order valence-electron chi connectivity index (χ2n) is 5.66. The first-order valence-electron chi connectivity index (χ1n) is 8.04. The normalized spacial score (nSPS) is 11.3. The highest BCUT2D eigenvalue weighted by Crippen LogP contribution is 2.14. The van der Waals surface area contributed by atoms with Crippen molar-refractivity contribution in [2.75, 3.05) is 13.7 Å². The highest BCUT2D eigenvalue weighted by atomic mass is 19.1. The largest absolute Gasteiger partial charge is 0.383 e. The third-order valence-electron chi connectivity index (χ3n) is 3.95. The molecule has 0 saturated heterocycles. The van der Waals surface area contributed by atoms with Crippen LogP contribution < -0.4 is 11.2 Å². The van der Waals surface area contributed by atoms with E-state index in [4.69, 9.17) is 4.74 Å². The summed E-state index contributed by atoms with van der Waals surface area (Å²) in [6.07, 6.45) is 2.34. The molecular formula is C17H19FN4O3. The molecule has 0 aliphatic heterocycles. The van der Waals surface area contributed by atoms with Gasteiger partial charge in [0.05, 0.1) is 25.2 Å². The number of halogens is 1. The SMILES string of the molecule is CCCn1cnc2c1c(=O)n(CCOC)c(=O)n2-c1cccc(F)c1. The average Bonchev–Trinajstić information content (AvgIpc) is 2.99. The van der Waals surface area contributed by atoms with Crippen LogP contribution in [0.3, 0.4) is 0 Å². The Kier molecular flexibility index (Phi) is 4.80. The zero-order chi connectivity index (χ0) is 18.0. The maximum absolute atomic E-state index is 13.7. The number of imidazole rings is 1. The van der Waals surface area contributed by atoms with Crippen LogP contribution in [-0.2, 0) is 17.8 Å². The predicted molar refractivity (Wildman–Crippen MR) is 91.7 cm³/mol. The number of rotatable bonds is 6. The molecule has 7 nitrogen and oxygen atoms in total. The van der Waals surface area contributed by atoms with E-state index >= 15 is 0 Å². The Balaban J connectivity index is 2.38. The second-order valence-corrected chi connectivity index (χ2v) is 5.66. The zero-order valence-electron chi connectivity index (χ0n) is 14.1. The van der Waals surface area contributed by atoms with Gasteiger partial charge in [0.15, 0.2) is 11.2 Å². The van der Waals surface area contributed by atoms with Crippen molar-refractivity contribution in [2.24, 2.45) is 0 Å². The Bertz CT molecular complexity index is 1020. The number of nitrogens with zero attached hydrogens (tertiary/aromatic N) is 4. The van der Waals surface area contributed by atoms with Crippen LogP contribution in [0.4, 0.5) is 4.39 Å². The summed E-state index contributed by atoms with van der Waals surface area (Å²) >= 11 is 0. The lowest BCUT2D eigenvalue weighted by molar-refractivity contribution is 0.184. The Morgan fingerprint density at radius 2 is 2.04 bits per heavy atom. The first-order valence-corrected chi connectivity index (χ1v) is 8.04. The van der Waals surface area contributed by atoms with E-state index in [1.807, 2.05) is 6.92 Å². The Labute approximate surface area is 142 Å². The van der Waals surface area contributed by atoms with Gasteiger partial charge in [-0.1, -0.05) is 13.0 Å². The molecule has 0 aliphatic rings. The lowest BCUT2D eigenvalue weighted by Gasteiger charge is -2.12. The summed E-state index contributed by atoms with van der Waals surface area (Å²) in [5, 5.41) is 0. The van der Waals surface area contributed by atoms with E-state index in [-0.39, 0.29) is 18.8 Å². The number of aryl methyl sites for hydroxylation is 1. The van der Waals surface area contributed by atoms with E-state index in [1.165, 1.54) is 36.2 Å². The minimum absolute atomic E-state index is 0.108. The number of hydrogen-bond donors (Lipinski definition) is 0. The van der Waals surface area contributed by atoms with Crippen LogP contribution in [0.1, 0.15) is 13.3 Å². The maximum Gasteiger partial charge on any atom is 0.337 e. The smallest absolute Gasteiger partial charge is 0.337 e. The highest BCUT2D eigenvalue weighted by molar-refractivity contribution is 5.72. The maximum atomic E-state index is 13.7. The van der Waals surface area contributed by atoms with Crippen LogP contribution >= 0.6 is 0 Å². The lowest BCUT2D eigenvalue weighted by atomic mass is 10.3. The van der Waals surface area contributed by atoms with Gasteiger partial charge in [-0.3, -0.25) is 9.36 Å². The van der Waals surface area contributed by atoms with E-state index < -0.39 is 17.1 Å². The monoisotopic (exact) mass is 346 g/mol. The molecule has 0 spiro atoms. The summed E-state index contributed by atoms with van der Waals surface area (Å²) in [7, 11) is 1.50. The summed E-state index contributed by atoms with van der Waals surface area (Å²) in [5.74, 6) is -0.472. The molecular weight excluding hydrogens is 327 g/mol. The molecule has 25 heavy (non-hydrogen) atoms. The van der Waals surface area contributed by atoms with Gasteiger partial charge in [-0.15, -0.1) is 0 Å². The molecule has 2 aromatic heterocycles. The van der Waals surface area contributed by atoms with E-state index in [0.717, 1.165) is 11.0 Å². The number of ether oxygens (including phenoxy) is 1. The third kappa shape index (κ3) is 3.00. The quantitative estimate of drug-likeness (QED) is 0.679. The molecule has 0 unspecified atom stereocenters. The van der Waals surface area contributed by atoms with Crippen molar-refractivity contribution < 1.29 is 9.13 Å². The zero-order valence-corrected chi connectivity index (χ0v) is 14.1. The molecule has 0 saturated carbocycles. The van der Waals surface area contributed by atoms with Gasteiger partial charge in [0, 0.05) is 13.7 Å². The van der Waals surface area contributed by atoms with Gasteiger partial charge in [-0.25, -0.2) is 18.7 Å². The molecule has 8 heteroatoms. The average molecular weight is 346 g/mol. The summed E-state index contributed by atoms with van der Waals surface area (Å²) in [6, 6.07) is 5.65. The predicted octanol–water partition coefficient (Wildman–Crippen LogP) is 1.54. The van der Waals surface area contributed by atoms with Crippen molar-refractivity contribution in [3.05, 3.63) is 57.2 Å². The fourth-order valence-electron chi connectivity index (χ4n) is 2.82. The first kappa shape index (κ1) is 17.1. The molecule has 132 valence electrons. The van der Waals surface area contributed by atoms with Crippen LogP contribution in [-0.4, -0.2) is 32.4 Å². The van der Waals surface area contributed by atoms with Gasteiger partial charge in [-0.05, 0) is 24.6 Å². The molecule has 0 bridgehead atoms. The second kappa shape index (κ2) is 7.02. The Hall–Kier alpha value is -2.74. The molecule has 1 aromatic carbocycles. The molecule has 0 atom stereocenters. The minimum Gasteiger partial charge on any atom is -0.383 e. The molecule has 0 fully saturated rings. The van der Waals surface area contributed by atoms with E-state index in [0.29, 0.717) is 17.7 Å². The van der Waals surface area contributed by atoms with Crippen LogP contribution in [0.25, 0.3) is 16.9 Å². The molecule has 3 rings (SSSR count). The Morgan fingerprint density at radius 1 is 1.24 bits per heavy atom. The molecule has 0 amide bonds. The van der Waals surface area contributed by atoms with Crippen molar-refractivity contribution in [2.45, 2.75) is 26.4 Å². The topological polar surface area (TPSA) is 71.1 Å². The van der Waals surface area contributed by atoms with Crippen molar-refractivity contribution >= 4 is 11.2 Å². The van der Waals surface area contributed by atoms with Gasteiger partial charge in [-0.2, -0.15) is 0 Å². The number of benzene rings is 1. The minimum atomic E-state index is -0.568. The number of aromatic nitrogens is 4. The van der Waals surface area contributed by atoms with Crippen molar-refractivity contribution in [3.63, 3.8) is 0 Å². The van der Waals surface area contributed by atoms with Crippen LogP contribution in [0.5, 0.6) is 0 Å². The highest BCUT2D eigenvalue weighted by Gasteiger charge is 2.19. The van der Waals surface area contributed by atoms with Crippen molar-refractivity contribution in [3.8, 4) is 5.69 Å². The van der Waals surface area contributed by atoms with E-state index in [1.54, 1.807) is 10.6 Å². The van der Waals surface area contributed by atoms with Crippen molar-refractivity contribution in [1.29, 1.82) is 0 Å². The van der Waals surface area contributed by atoms with Crippen LogP contribution in [0, 0.1) is 5.82 Å². The molecule has 0 aliphatic carbocycles. The number of methoxy groups -OCH3 is 1. The molecule has 0 radical (unpaired) electrons. The summed E-state index contributed by atoms with van der Waals surface area (Å²) in [6.45, 7) is 2.90.